The highest BCUT2D eigenvalue weighted by molar-refractivity contribution is 6.30. The topological polar surface area (TPSA) is 90.1 Å². The number of hydrogen-bond donors (Lipinski definition) is 1. The van der Waals surface area contributed by atoms with Crippen LogP contribution in [0.25, 0.3) is 0 Å². The van der Waals surface area contributed by atoms with Crippen LogP contribution in [0, 0.1) is 30.9 Å². The van der Waals surface area contributed by atoms with E-state index in [1.54, 1.807) is 6.92 Å². The highest BCUT2D eigenvalue weighted by atomic mass is 35.5. The first-order valence-corrected chi connectivity index (χ1v) is 8.99. The molecule has 0 atom stereocenters. The summed E-state index contributed by atoms with van der Waals surface area (Å²) >= 11 is 5.92. The van der Waals surface area contributed by atoms with E-state index < -0.39 is 4.92 Å². The van der Waals surface area contributed by atoms with Gasteiger partial charge in [0.15, 0.2) is 0 Å². The van der Waals surface area contributed by atoms with Gasteiger partial charge in [0.25, 0.3) is 11.6 Å². The second-order valence-electron chi connectivity index (χ2n) is 6.54. The van der Waals surface area contributed by atoms with Gasteiger partial charge in [0.1, 0.15) is 0 Å². The maximum absolute atomic E-state index is 12.6. The van der Waals surface area contributed by atoms with Crippen LogP contribution in [-0.2, 0) is 6.54 Å². The van der Waals surface area contributed by atoms with Gasteiger partial charge in [-0.1, -0.05) is 23.7 Å². The Balaban J connectivity index is 1.81. The number of amides is 1. The smallest absolute Gasteiger partial charge is 0.272 e. The van der Waals surface area contributed by atoms with Crippen molar-refractivity contribution < 1.29 is 9.72 Å². The maximum Gasteiger partial charge on any atom is 0.272 e. The SMILES string of the molecule is Cc1cc(C(=O)Nc2c(C)nn(Cc3ccc(Cl)cc3)c2C)ccc1[N+](=O)[O-]. The number of anilines is 1. The largest absolute Gasteiger partial charge is 0.319 e. The molecule has 1 aromatic heterocycles. The normalized spacial score (nSPS) is 10.7. The second kappa shape index (κ2) is 7.82. The molecule has 28 heavy (non-hydrogen) atoms. The lowest BCUT2D eigenvalue weighted by Gasteiger charge is -2.08. The van der Waals surface area contributed by atoms with Crippen molar-refractivity contribution in [3.8, 4) is 0 Å². The van der Waals surface area contributed by atoms with Gasteiger partial charge in [0.05, 0.1) is 28.5 Å². The van der Waals surface area contributed by atoms with Gasteiger partial charge in [0.2, 0.25) is 0 Å². The van der Waals surface area contributed by atoms with Gasteiger partial charge in [-0.05, 0) is 50.6 Å². The van der Waals surface area contributed by atoms with Crippen molar-refractivity contribution in [3.63, 3.8) is 0 Å². The van der Waals surface area contributed by atoms with Crippen molar-refractivity contribution in [2.75, 3.05) is 5.32 Å². The minimum atomic E-state index is -0.466. The van der Waals surface area contributed by atoms with Crippen LogP contribution >= 0.6 is 11.6 Å². The molecule has 0 radical (unpaired) electrons. The number of nitro benzene ring substituents is 1. The molecule has 8 heteroatoms. The summed E-state index contributed by atoms with van der Waals surface area (Å²) in [6.07, 6.45) is 0. The van der Waals surface area contributed by atoms with Crippen molar-refractivity contribution in [3.05, 3.63) is 85.7 Å². The monoisotopic (exact) mass is 398 g/mol. The molecule has 0 fully saturated rings. The summed E-state index contributed by atoms with van der Waals surface area (Å²) in [6.45, 7) is 5.86. The third kappa shape index (κ3) is 4.04. The molecule has 1 N–H and O–H groups in total. The van der Waals surface area contributed by atoms with Gasteiger partial charge in [-0.15, -0.1) is 0 Å². The van der Waals surface area contributed by atoms with Crippen LogP contribution in [-0.4, -0.2) is 20.6 Å². The van der Waals surface area contributed by atoms with E-state index in [9.17, 15) is 14.9 Å². The highest BCUT2D eigenvalue weighted by Crippen LogP contribution is 2.23. The van der Waals surface area contributed by atoms with Crippen molar-refractivity contribution in [1.29, 1.82) is 0 Å². The fourth-order valence-electron chi connectivity index (χ4n) is 2.98. The third-order valence-corrected chi connectivity index (χ3v) is 4.77. The summed E-state index contributed by atoms with van der Waals surface area (Å²) in [7, 11) is 0. The van der Waals surface area contributed by atoms with Gasteiger partial charge < -0.3 is 5.32 Å². The summed E-state index contributed by atoms with van der Waals surface area (Å²) in [5.74, 6) is -0.338. The number of aryl methyl sites for hydroxylation is 2. The van der Waals surface area contributed by atoms with Gasteiger partial charge in [-0.25, -0.2) is 0 Å². The molecule has 2 aromatic carbocycles. The average Bonchev–Trinajstić information content (AvgIpc) is 2.90. The molecule has 0 aliphatic heterocycles. The minimum absolute atomic E-state index is 0.0142. The lowest BCUT2D eigenvalue weighted by molar-refractivity contribution is -0.385. The molecular formula is C20H19ClN4O3. The van der Waals surface area contributed by atoms with E-state index >= 15 is 0 Å². The Morgan fingerprint density at radius 1 is 1.18 bits per heavy atom. The van der Waals surface area contributed by atoms with E-state index in [0.717, 1.165) is 11.3 Å². The molecule has 3 rings (SSSR count). The number of halogens is 1. The van der Waals surface area contributed by atoms with Gasteiger partial charge in [0, 0.05) is 22.2 Å². The minimum Gasteiger partial charge on any atom is -0.319 e. The predicted octanol–water partition coefficient (Wildman–Crippen LogP) is 4.67. The maximum atomic E-state index is 12.6. The zero-order valence-corrected chi connectivity index (χ0v) is 16.4. The summed E-state index contributed by atoms with van der Waals surface area (Å²) in [4.78, 5) is 23.1. The lowest BCUT2D eigenvalue weighted by atomic mass is 10.1. The molecular weight excluding hydrogens is 380 g/mol. The summed E-state index contributed by atoms with van der Waals surface area (Å²) in [6, 6.07) is 11.8. The number of nitrogens with zero attached hydrogens (tertiary/aromatic N) is 3. The van der Waals surface area contributed by atoms with E-state index in [0.29, 0.717) is 34.1 Å². The van der Waals surface area contributed by atoms with Crippen LogP contribution in [0.5, 0.6) is 0 Å². The number of hydrogen-bond acceptors (Lipinski definition) is 4. The zero-order valence-electron chi connectivity index (χ0n) is 15.7. The number of carbonyl (C=O) groups excluding carboxylic acids is 1. The molecule has 7 nitrogen and oxygen atoms in total. The van der Waals surface area contributed by atoms with E-state index in [2.05, 4.69) is 10.4 Å². The standard InChI is InChI=1S/C20H19ClN4O3/c1-12-10-16(6-9-18(12)25(27)28)20(26)22-19-13(2)23-24(14(19)3)11-15-4-7-17(21)8-5-15/h4-10H,11H2,1-3H3,(H,22,26). The molecule has 1 heterocycles. The Labute approximate surface area is 167 Å². The number of benzene rings is 2. The molecule has 0 unspecified atom stereocenters. The third-order valence-electron chi connectivity index (χ3n) is 4.52. The fourth-order valence-corrected chi connectivity index (χ4v) is 3.11. The summed E-state index contributed by atoms with van der Waals surface area (Å²) < 4.78 is 1.81. The molecule has 144 valence electrons. The lowest BCUT2D eigenvalue weighted by Crippen LogP contribution is -2.14. The average molecular weight is 399 g/mol. The van der Waals surface area contributed by atoms with Gasteiger partial charge in [-0.2, -0.15) is 5.10 Å². The van der Waals surface area contributed by atoms with Crippen LogP contribution in [0.3, 0.4) is 0 Å². The predicted molar refractivity (Wildman–Crippen MR) is 108 cm³/mol. The number of rotatable bonds is 5. The van der Waals surface area contributed by atoms with Crippen molar-refractivity contribution >= 4 is 28.9 Å². The van der Waals surface area contributed by atoms with E-state index in [1.165, 1.54) is 18.2 Å². The highest BCUT2D eigenvalue weighted by Gasteiger charge is 2.18. The van der Waals surface area contributed by atoms with Crippen molar-refractivity contribution in [2.24, 2.45) is 0 Å². The molecule has 1 amide bonds. The number of carbonyl (C=O) groups is 1. The number of aromatic nitrogens is 2. The summed E-state index contributed by atoms with van der Waals surface area (Å²) in [5.41, 5.74) is 3.96. The Hall–Kier alpha value is -3.19. The van der Waals surface area contributed by atoms with Gasteiger partial charge >= 0.3 is 0 Å². The molecule has 3 aromatic rings. The fraction of sp³-hybridized carbons (Fsp3) is 0.200. The molecule has 0 bridgehead atoms. The van der Waals surface area contributed by atoms with Crippen LogP contribution in [0.4, 0.5) is 11.4 Å². The first-order chi connectivity index (χ1) is 13.3. The van der Waals surface area contributed by atoms with E-state index in [1.807, 2.05) is 42.8 Å². The van der Waals surface area contributed by atoms with Crippen molar-refractivity contribution in [2.45, 2.75) is 27.3 Å². The van der Waals surface area contributed by atoms with Crippen LogP contribution in [0.2, 0.25) is 5.02 Å². The number of nitrogens with one attached hydrogen (secondary N) is 1. The first kappa shape index (κ1) is 19.6. The Morgan fingerprint density at radius 3 is 2.46 bits per heavy atom. The van der Waals surface area contributed by atoms with Crippen LogP contribution in [0.1, 0.15) is 32.9 Å². The molecule has 0 spiro atoms. The Bertz CT molecular complexity index is 1060. The first-order valence-electron chi connectivity index (χ1n) is 8.61. The Morgan fingerprint density at radius 2 is 1.86 bits per heavy atom. The quantitative estimate of drug-likeness (QED) is 0.499. The van der Waals surface area contributed by atoms with Crippen LogP contribution < -0.4 is 5.32 Å². The zero-order chi connectivity index (χ0) is 20.4. The molecule has 0 aliphatic carbocycles. The number of nitro groups is 1. The summed E-state index contributed by atoms with van der Waals surface area (Å²) in [5, 5.41) is 19.0. The van der Waals surface area contributed by atoms with E-state index in [4.69, 9.17) is 11.6 Å². The Kier molecular flexibility index (Phi) is 5.46. The molecule has 0 saturated heterocycles. The van der Waals surface area contributed by atoms with Crippen LogP contribution in [0.15, 0.2) is 42.5 Å². The molecule has 0 saturated carbocycles. The van der Waals surface area contributed by atoms with Crippen molar-refractivity contribution in [1.82, 2.24) is 9.78 Å². The van der Waals surface area contributed by atoms with Gasteiger partial charge in [-0.3, -0.25) is 19.6 Å². The second-order valence-corrected chi connectivity index (χ2v) is 6.98. The van der Waals surface area contributed by atoms with E-state index in [-0.39, 0.29) is 11.6 Å². The molecule has 0 aliphatic rings.